The van der Waals surface area contributed by atoms with Crippen molar-refractivity contribution in [2.75, 3.05) is 36.0 Å². The Morgan fingerprint density at radius 2 is 1.82 bits per heavy atom. The fraction of sp³-hybridized carbons (Fsp3) is 0.469. The monoisotopic (exact) mass is 656 g/mol. The Kier molecular flexibility index (Phi) is 8.51. The topological polar surface area (TPSA) is 111 Å². The molecule has 2 aromatic heterocycles. The van der Waals surface area contributed by atoms with Crippen molar-refractivity contribution >= 4 is 56.3 Å². The molecule has 1 saturated carbocycles. The number of hydrogen-bond acceptors (Lipinski definition) is 7. The Balaban J connectivity index is 1.32. The van der Waals surface area contributed by atoms with Crippen LogP contribution in [0.15, 0.2) is 53.6 Å². The van der Waals surface area contributed by atoms with E-state index in [-0.39, 0.29) is 34.2 Å². The summed E-state index contributed by atoms with van der Waals surface area (Å²) in [7, 11) is -4.02. The smallest absolute Gasteiger partial charge is 0.348 e. The average Bonchev–Trinajstić information content (AvgIpc) is 3.61. The standard InChI is InChI=1S/C32H37ClN4O5S2/c1-32(2)14-15-35(20-32)28-13-12-24(17-34-28)44(41,42)36-18-26(21-6-4-3-5-7-21)37(29(38)19-36)25-16-27(43-30(25)31(39)40)22-8-10-23(33)11-9-22/h8-13,16-17,21,26H,3-7,14-15,18-20H2,1-2H3,(H,39,40)/t26-/m0/s1. The number of pyridine rings is 1. The first-order valence-corrected chi connectivity index (χ1v) is 17.7. The maximum Gasteiger partial charge on any atom is 0.348 e. The van der Waals surface area contributed by atoms with Gasteiger partial charge in [-0.2, -0.15) is 4.31 Å². The van der Waals surface area contributed by atoms with Crippen LogP contribution in [0.3, 0.4) is 0 Å². The zero-order valence-corrected chi connectivity index (χ0v) is 27.3. The molecule has 1 aliphatic carbocycles. The molecule has 6 rings (SSSR count). The molecule has 1 amide bonds. The molecule has 0 radical (unpaired) electrons. The Morgan fingerprint density at radius 3 is 2.43 bits per heavy atom. The van der Waals surface area contributed by atoms with Crippen LogP contribution in [0.5, 0.6) is 0 Å². The minimum Gasteiger partial charge on any atom is -0.477 e. The summed E-state index contributed by atoms with van der Waals surface area (Å²) in [4.78, 5) is 35.5. The number of carbonyl (C=O) groups excluding carboxylic acids is 1. The zero-order valence-electron chi connectivity index (χ0n) is 24.9. The van der Waals surface area contributed by atoms with E-state index in [1.807, 2.05) is 12.1 Å². The fourth-order valence-corrected chi connectivity index (χ4v) is 9.25. The number of sulfonamides is 1. The van der Waals surface area contributed by atoms with Crippen molar-refractivity contribution in [3.63, 3.8) is 0 Å². The molecule has 1 atom stereocenters. The number of anilines is 2. The third kappa shape index (κ3) is 6.11. The van der Waals surface area contributed by atoms with Crippen molar-refractivity contribution in [1.29, 1.82) is 0 Å². The van der Waals surface area contributed by atoms with Crippen molar-refractivity contribution in [3.05, 3.63) is 58.6 Å². The average molecular weight is 657 g/mol. The molecule has 1 aromatic carbocycles. The van der Waals surface area contributed by atoms with Crippen LogP contribution in [-0.4, -0.2) is 66.9 Å². The number of hydrogen-bond donors (Lipinski definition) is 1. The molecule has 0 unspecified atom stereocenters. The van der Waals surface area contributed by atoms with Crippen LogP contribution in [0.1, 0.15) is 62.0 Å². The summed E-state index contributed by atoms with van der Waals surface area (Å²) in [5.74, 6) is -0.763. The molecule has 1 N–H and O–H groups in total. The van der Waals surface area contributed by atoms with Gasteiger partial charge in [0.05, 0.1) is 18.3 Å². The molecule has 4 heterocycles. The van der Waals surface area contributed by atoms with Gasteiger partial charge in [-0.15, -0.1) is 11.3 Å². The summed E-state index contributed by atoms with van der Waals surface area (Å²) in [5, 5.41) is 10.7. The van der Waals surface area contributed by atoms with E-state index in [9.17, 15) is 23.1 Å². The molecule has 2 saturated heterocycles. The van der Waals surface area contributed by atoms with Crippen molar-refractivity contribution < 1.29 is 23.1 Å². The lowest BCUT2D eigenvalue weighted by molar-refractivity contribution is -0.121. The number of halogens is 1. The first-order chi connectivity index (χ1) is 20.9. The van der Waals surface area contributed by atoms with E-state index in [0.717, 1.165) is 74.3 Å². The number of rotatable bonds is 7. The van der Waals surface area contributed by atoms with Crippen molar-refractivity contribution in [3.8, 4) is 10.4 Å². The van der Waals surface area contributed by atoms with E-state index in [1.54, 1.807) is 35.2 Å². The van der Waals surface area contributed by atoms with Crippen LogP contribution in [0.4, 0.5) is 11.5 Å². The summed E-state index contributed by atoms with van der Waals surface area (Å²) in [5.41, 5.74) is 1.30. The fourth-order valence-electron chi connectivity index (χ4n) is 6.78. The first-order valence-electron chi connectivity index (χ1n) is 15.1. The van der Waals surface area contributed by atoms with E-state index in [1.165, 1.54) is 10.5 Å². The van der Waals surface area contributed by atoms with Crippen LogP contribution in [0, 0.1) is 11.3 Å². The first kappa shape index (κ1) is 31.0. The third-order valence-electron chi connectivity index (χ3n) is 9.15. The van der Waals surface area contributed by atoms with Gasteiger partial charge >= 0.3 is 5.97 Å². The molecule has 0 spiro atoms. The molecule has 9 nitrogen and oxygen atoms in total. The van der Waals surface area contributed by atoms with E-state index >= 15 is 0 Å². The highest BCUT2D eigenvalue weighted by Gasteiger charge is 2.44. The molecule has 2 aliphatic heterocycles. The maximum atomic E-state index is 14.0. The highest BCUT2D eigenvalue weighted by atomic mass is 35.5. The van der Waals surface area contributed by atoms with Crippen LogP contribution in [0.25, 0.3) is 10.4 Å². The quantitative estimate of drug-likeness (QED) is 0.314. The zero-order chi connectivity index (χ0) is 31.2. The molecule has 234 valence electrons. The van der Waals surface area contributed by atoms with Gasteiger partial charge in [0.1, 0.15) is 15.6 Å². The van der Waals surface area contributed by atoms with Gasteiger partial charge < -0.3 is 14.9 Å². The number of nitrogens with zero attached hydrogens (tertiary/aromatic N) is 4. The number of aromatic nitrogens is 1. The van der Waals surface area contributed by atoms with Crippen LogP contribution in [-0.2, 0) is 14.8 Å². The second kappa shape index (κ2) is 12.1. The van der Waals surface area contributed by atoms with Gasteiger partial charge in [0.2, 0.25) is 15.9 Å². The number of benzene rings is 1. The number of carboxylic acid groups (broad SMARTS) is 1. The minimum absolute atomic E-state index is 0.0465. The summed E-state index contributed by atoms with van der Waals surface area (Å²) >= 11 is 7.18. The highest BCUT2D eigenvalue weighted by Crippen LogP contribution is 2.42. The van der Waals surface area contributed by atoms with Gasteiger partial charge in [-0.1, -0.05) is 56.8 Å². The Bertz CT molecular complexity index is 1650. The molecule has 3 aliphatic rings. The van der Waals surface area contributed by atoms with Crippen molar-refractivity contribution in [2.45, 2.75) is 63.3 Å². The summed E-state index contributed by atoms with van der Waals surface area (Å²) in [6.07, 6.45) is 7.19. The molecule has 3 aromatic rings. The predicted molar refractivity (Wildman–Crippen MR) is 173 cm³/mol. The van der Waals surface area contributed by atoms with Crippen LogP contribution < -0.4 is 9.80 Å². The maximum absolute atomic E-state index is 14.0. The number of carbonyl (C=O) groups is 2. The molecule has 12 heteroatoms. The summed E-state index contributed by atoms with van der Waals surface area (Å²) in [6.45, 7) is 5.85. The van der Waals surface area contributed by atoms with Gasteiger partial charge in [0.25, 0.3) is 0 Å². The van der Waals surface area contributed by atoms with Gasteiger partial charge in [0.15, 0.2) is 0 Å². The Labute approximate surface area is 267 Å². The predicted octanol–water partition coefficient (Wildman–Crippen LogP) is 6.38. The van der Waals surface area contributed by atoms with E-state index in [2.05, 4.69) is 23.7 Å². The van der Waals surface area contributed by atoms with E-state index in [0.29, 0.717) is 15.6 Å². The Hall–Kier alpha value is -2.99. The van der Waals surface area contributed by atoms with Gasteiger partial charge in [-0.05, 0) is 66.5 Å². The van der Waals surface area contributed by atoms with E-state index in [4.69, 9.17) is 11.6 Å². The molecular formula is C32H37ClN4O5S2. The van der Waals surface area contributed by atoms with Crippen LogP contribution >= 0.6 is 22.9 Å². The largest absolute Gasteiger partial charge is 0.477 e. The number of aromatic carboxylic acids is 1. The highest BCUT2D eigenvalue weighted by molar-refractivity contribution is 7.89. The van der Waals surface area contributed by atoms with Crippen LogP contribution in [0.2, 0.25) is 5.02 Å². The summed E-state index contributed by atoms with van der Waals surface area (Å²) < 4.78 is 29.1. The molecule has 0 bridgehead atoms. The van der Waals surface area contributed by atoms with Crippen molar-refractivity contribution in [2.24, 2.45) is 11.3 Å². The number of amides is 1. The number of carboxylic acids is 1. The van der Waals surface area contributed by atoms with E-state index < -0.39 is 27.9 Å². The van der Waals surface area contributed by atoms with Gasteiger partial charge in [-0.3, -0.25) is 4.79 Å². The number of thiophene rings is 1. The second-order valence-electron chi connectivity index (χ2n) is 12.9. The molecule has 3 fully saturated rings. The third-order valence-corrected chi connectivity index (χ3v) is 12.4. The van der Waals surface area contributed by atoms with Crippen molar-refractivity contribution in [1.82, 2.24) is 9.29 Å². The SMILES string of the molecule is CC1(C)CCN(c2ccc(S(=O)(=O)N3CC(=O)N(c4cc(-c5ccc(Cl)cc5)sc4C(=O)O)[C@H](C4CCCCC4)C3)cn2)C1. The lowest BCUT2D eigenvalue weighted by atomic mass is 9.82. The minimum atomic E-state index is -4.02. The number of piperazine rings is 1. The summed E-state index contributed by atoms with van der Waals surface area (Å²) in [6, 6.07) is 11.7. The van der Waals surface area contributed by atoms with Gasteiger partial charge in [0, 0.05) is 35.7 Å². The molecular weight excluding hydrogens is 620 g/mol. The Morgan fingerprint density at radius 1 is 1.09 bits per heavy atom. The van der Waals surface area contributed by atoms with Gasteiger partial charge in [-0.25, -0.2) is 18.2 Å². The lowest BCUT2D eigenvalue weighted by Gasteiger charge is -2.44. The normalized spacial score (nSPS) is 21.6. The second-order valence-corrected chi connectivity index (χ2v) is 16.3. The molecule has 44 heavy (non-hydrogen) atoms. The lowest BCUT2D eigenvalue weighted by Crippen LogP contribution is -2.60.